The molecule has 0 amide bonds. The van der Waals surface area contributed by atoms with Gasteiger partial charge in [0.05, 0.1) is 26.2 Å². The zero-order valence-electron chi connectivity index (χ0n) is 17.8. The Morgan fingerprint density at radius 2 is 1.84 bits per heavy atom. The van der Waals surface area contributed by atoms with Crippen LogP contribution in [-0.4, -0.2) is 43.5 Å². The molecule has 158 valence electrons. The first-order valence-corrected chi connectivity index (χ1v) is 10.3. The quantitative estimate of drug-likeness (QED) is 0.493. The fraction of sp³-hybridized carbons (Fsp3) is 0.304. The second kappa shape index (κ2) is 7.86. The van der Waals surface area contributed by atoms with Crippen LogP contribution in [0.2, 0.25) is 0 Å². The van der Waals surface area contributed by atoms with E-state index in [4.69, 9.17) is 19.6 Å². The van der Waals surface area contributed by atoms with Crippen LogP contribution in [0.1, 0.15) is 35.8 Å². The summed E-state index contributed by atoms with van der Waals surface area (Å²) in [5.74, 6) is 3.15. The average molecular weight is 416 g/mol. The summed E-state index contributed by atoms with van der Waals surface area (Å²) in [7, 11) is 3.30. The number of hydrogen-bond acceptors (Lipinski definition) is 6. The van der Waals surface area contributed by atoms with E-state index >= 15 is 0 Å². The van der Waals surface area contributed by atoms with E-state index in [0.29, 0.717) is 17.4 Å². The fourth-order valence-electron chi connectivity index (χ4n) is 4.07. The molecule has 1 aromatic carbocycles. The summed E-state index contributed by atoms with van der Waals surface area (Å²) in [6.07, 6.45) is 5.79. The standard InChI is InChI=1S/C23H24N6O2/c1-15-13-28(14-24-15)20-11-10-19(25-23(20)31-3)21-26-22-18(5-4-12-29(22)27-21)16-6-8-17(30-2)9-7-16/h6-11,13-14,18H,4-5,12H2,1-3H3/t18-/m1/s1. The maximum absolute atomic E-state index is 5.55. The molecule has 4 aromatic rings. The van der Waals surface area contributed by atoms with Crippen molar-refractivity contribution < 1.29 is 9.47 Å². The molecule has 8 nitrogen and oxygen atoms in total. The maximum Gasteiger partial charge on any atom is 0.238 e. The number of imidazole rings is 1. The molecule has 4 heterocycles. The number of rotatable bonds is 5. The molecule has 8 heteroatoms. The number of hydrogen-bond donors (Lipinski definition) is 0. The highest BCUT2D eigenvalue weighted by Crippen LogP contribution is 2.34. The van der Waals surface area contributed by atoms with Crippen molar-refractivity contribution in [2.45, 2.75) is 32.2 Å². The summed E-state index contributed by atoms with van der Waals surface area (Å²) < 4.78 is 14.8. The van der Waals surface area contributed by atoms with Crippen molar-refractivity contribution in [2.24, 2.45) is 0 Å². The van der Waals surface area contributed by atoms with Gasteiger partial charge in [0, 0.05) is 18.7 Å². The smallest absolute Gasteiger partial charge is 0.238 e. The highest BCUT2D eigenvalue weighted by molar-refractivity contribution is 5.55. The van der Waals surface area contributed by atoms with Gasteiger partial charge in [-0.2, -0.15) is 0 Å². The number of fused-ring (bicyclic) bond motifs is 1. The monoisotopic (exact) mass is 416 g/mol. The molecule has 0 fully saturated rings. The Bertz CT molecular complexity index is 1210. The van der Waals surface area contributed by atoms with Crippen molar-refractivity contribution in [3.05, 3.63) is 66.0 Å². The Morgan fingerprint density at radius 1 is 1.00 bits per heavy atom. The molecule has 0 spiro atoms. The van der Waals surface area contributed by atoms with Crippen molar-refractivity contribution in [3.8, 4) is 28.8 Å². The van der Waals surface area contributed by atoms with E-state index in [0.717, 1.165) is 42.3 Å². The second-order valence-electron chi connectivity index (χ2n) is 7.63. The largest absolute Gasteiger partial charge is 0.497 e. The van der Waals surface area contributed by atoms with Crippen molar-refractivity contribution in [1.82, 2.24) is 29.3 Å². The molecule has 0 saturated carbocycles. The maximum atomic E-state index is 5.55. The lowest BCUT2D eigenvalue weighted by atomic mass is 9.91. The number of methoxy groups -OCH3 is 2. The normalized spacial score (nSPS) is 15.5. The van der Waals surface area contributed by atoms with Gasteiger partial charge in [0.15, 0.2) is 5.82 Å². The Balaban J connectivity index is 1.50. The Morgan fingerprint density at radius 3 is 2.55 bits per heavy atom. The van der Waals surface area contributed by atoms with Gasteiger partial charge in [0.1, 0.15) is 23.0 Å². The number of pyridine rings is 1. The number of ether oxygens (including phenoxy) is 2. The summed E-state index contributed by atoms with van der Waals surface area (Å²) in [5, 5.41) is 4.76. The fourth-order valence-corrected chi connectivity index (χ4v) is 4.07. The molecule has 0 saturated heterocycles. The number of benzene rings is 1. The van der Waals surface area contributed by atoms with Crippen molar-refractivity contribution in [2.75, 3.05) is 14.2 Å². The zero-order valence-corrected chi connectivity index (χ0v) is 17.8. The van der Waals surface area contributed by atoms with Crippen LogP contribution in [0.3, 0.4) is 0 Å². The summed E-state index contributed by atoms with van der Waals surface area (Å²) >= 11 is 0. The summed E-state index contributed by atoms with van der Waals surface area (Å²) in [6, 6.07) is 12.1. The molecule has 0 bridgehead atoms. The molecular weight excluding hydrogens is 392 g/mol. The van der Waals surface area contributed by atoms with Gasteiger partial charge >= 0.3 is 0 Å². The van der Waals surface area contributed by atoms with E-state index in [1.165, 1.54) is 5.56 Å². The predicted molar refractivity (Wildman–Crippen MR) is 116 cm³/mol. The molecule has 1 aliphatic heterocycles. The second-order valence-corrected chi connectivity index (χ2v) is 7.63. The molecule has 5 rings (SSSR count). The van der Waals surface area contributed by atoms with E-state index in [1.54, 1.807) is 20.5 Å². The van der Waals surface area contributed by atoms with Gasteiger partial charge in [-0.15, -0.1) is 5.10 Å². The zero-order chi connectivity index (χ0) is 21.4. The molecular formula is C23H24N6O2. The van der Waals surface area contributed by atoms with E-state index in [-0.39, 0.29) is 5.92 Å². The Kier molecular flexibility index (Phi) is 4.89. The van der Waals surface area contributed by atoms with Crippen LogP contribution >= 0.6 is 0 Å². The summed E-state index contributed by atoms with van der Waals surface area (Å²) in [6.45, 7) is 2.81. The highest BCUT2D eigenvalue weighted by Gasteiger charge is 2.27. The lowest BCUT2D eigenvalue weighted by Gasteiger charge is -2.22. The SMILES string of the molecule is COc1ccc([C@H]2CCCn3nc(-c4ccc(-n5cnc(C)c5)c(OC)n4)nc32)cc1. The molecule has 1 aliphatic rings. The van der Waals surface area contributed by atoms with Crippen LogP contribution in [0.25, 0.3) is 17.2 Å². The third-order valence-electron chi connectivity index (χ3n) is 5.65. The third-order valence-corrected chi connectivity index (χ3v) is 5.65. The van der Waals surface area contributed by atoms with Crippen LogP contribution in [0.4, 0.5) is 0 Å². The molecule has 1 atom stereocenters. The lowest BCUT2D eigenvalue weighted by molar-refractivity contribution is 0.396. The number of aromatic nitrogens is 6. The first-order chi connectivity index (χ1) is 15.2. The van der Waals surface area contributed by atoms with Gasteiger partial charge in [0.25, 0.3) is 0 Å². The van der Waals surface area contributed by atoms with Crippen LogP contribution in [0.5, 0.6) is 11.6 Å². The minimum Gasteiger partial charge on any atom is -0.497 e. The summed E-state index contributed by atoms with van der Waals surface area (Å²) in [4.78, 5) is 13.9. The summed E-state index contributed by atoms with van der Waals surface area (Å²) in [5.41, 5.74) is 3.66. The first kappa shape index (κ1) is 19.3. The van der Waals surface area contributed by atoms with Gasteiger partial charge in [-0.05, 0) is 49.6 Å². The first-order valence-electron chi connectivity index (χ1n) is 10.3. The van der Waals surface area contributed by atoms with E-state index in [2.05, 4.69) is 22.1 Å². The van der Waals surface area contributed by atoms with Crippen molar-refractivity contribution in [3.63, 3.8) is 0 Å². The third kappa shape index (κ3) is 3.54. The van der Waals surface area contributed by atoms with E-state index in [9.17, 15) is 0 Å². The Labute approximate surface area is 180 Å². The minimum atomic E-state index is 0.205. The average Bonchev–Trinajstić information content (AvgIpc) is 3.45. The topological polar surface area (TPSA) is 79.9 Å². The van der Waals surface area contributed by atoms with Crippen LogP contribution in [-0.2, 0) is 6.54 Å². The van der Waals surface area contributed by atoms with E-state index < -0.39 is 0 Å². The molecule has 0 unspecified atom stereocenters. The van der Waals surface area contributed by atoms with Gasteiger partial charge in [-0.3, -0.25) is 0 Å². The highest BCUT2D eigenvalue weighted by atomic mass is 16.5. The predicted octanol–water partition coefficient (Wildman–Crippen LogP) is 3.78. The van der Waals surface area contributed by atoms with Crippen LogP contribution in [0, 0.1) is 6.92 Å². The van der Waals surface area contributed by atoms with Crippen LogP contribution < -0.4 is 9.47 Å². The van der Waals surface area contributed by atoms with Gasteiger partial charge in [0.2, 0.25) is 5.88 Å². The van der Waals surface area contributed by atoms with Gasteiger partial charge in [-0.1, -0.05) is 12.1 Å². The minimum absolute atomic E-state index is 0.205. The molecule has 3 aromatic heterocycles. The van der Waals surface area contributed by atoms with Gasteiger partial charge in [-0.25, -0.2) is 19.6 Å². The molecule has 0 radical (unpaired) electrons. The van der Waals surface area contributed by atoms with Crippen molar-refractivity contribution >= 4 is 0 Å². The van der Waals surface area contributed by atoms with Gasteiger partial charge < -0.3 is 14.0 Å². The number of nitrogens with zero attached hydrogens (tertiary/aromatic N) is 6. The molecule has 31 heavy (non-hydrogen) atoms. The lowest BCUT2D eigenvalue weighted by Crippen LogP contribution is -2.17. The molecule has 0 N–H and O–H groups in total. The number of aryl methyl sites for hydroxylation is 2. The van der Waals surface area contributed by atoms with Crippen LogP contribution in [0.15, 0.2) is 48.9 Å². The van der Waals surface area contributed by atoms with Crippen molar-refractivity contribution in [1.29, 1.82) is 0 Å². The van der Waals surface area contributed by atoms with E-state index in [1.807, 2.05) is 46.6 Å². The Hall–Kier alpha value is -3.68. The molecule has 0 aliphatic carbocycles.